The van der Waals surface area contributed by atoms with Gasteiger partial charge in [0.25, 0.3) is 0 Å². The molecule has 0 saturated carbocycles. The average molecular weight is 271 g/mol. The summed E-state index contributed by atoms with van der Waals surface area (Å²) in [6.45, 7) is 1.86. The van der Waals surface area contributed by atoms with Crippen molar-refractivity contribution >= 4 is 63.0 Å². The molecule has 0 spiro atoms. The topological polar surface area (TPSA) is 88.1 Å². The van der Waals surface area contributed by atoms with Crippen LogP contribution in [-0.2, 0) is 9.53 Å². The van der Waals surface area contributed by atoms with E-state index >= 15 is 0 Å². The van der Waals surface area contributed by atoms with E-state index in [2.05, 4.69) is 5.32 Å². The normalized spacial score (nSPS) is 10.4. The molecule has 5 nitrogen and oxygen atoms in total. The number of hydrogen-bond acceptors (Lipinski definition) is 5. The van der Waals surface area contributed by atoms with E-state index in [0.717, 1.165) is 0 Å². The summed E-state index contributed by atoms with van der Waals surface area (Å²) in [6, 6.07) is 10.7. The van der Waals surface area contributed by atoms with E-state index in [1.54, 1.807) is 25.1 Å². The molecule has 6 heteroatoms. The van der Waals surface area contributed by atoms with Gasteiger partial charge >= 0.3 is 57.4 Å². The van der Waals surface area contributed by atoms with Crippen molar-refractivity contribution in [1.29, 1.82) is 5.26 Å². The Bertz CT molecular complexity index is 466. The number of carbonyl (C=O) groups excluding carboxylic acids is 1. The van der Waals surface area contributed by atoms with Crippen molar-refractivity contribution in [3.05, 3.63) is 41.7 Å². The van der Waals surface area contributed by atoms with Gasteiger partial charge in [-0.3, -0.25) is 0 Å². The van der Waals surface area contributed by atoms with Gasteiger partial charge < -0.3 is 15.8 Å². The van der Waals surface area contributed by atoms with Crippen molar-refractivity contribution in [3.63, 3.8) is 0 Å². The van der Waals surface area contributed by atoms with Crippen LogP contribution in [-0.4, -0.2) is 64.0 Å². The number of para-hydroxylation sites is 1. The van der Waals surface area contributed by atoms with Gasteiger partial charge in [-0.2, -0.15) is 5.26 Å². The van der Waals surface area contributed by atoms with Crippen LogP contribution in [0.2, 0.25) is 0 Å². The van der Waals surface area contributed by atoms with Crippen LogP contribution in [0.15, 0.2) is 41.7 Å². The molecule has 0 atom stereocenters. The number of anilines is 1. The molecular weight excluding hydrogens is 257 g/mol. The minimum absolute atomic E-state index is 0. The quantitative estimate of drug-likeness (QED) is 0.364. The predicted molar refractivity (Wildman–Crippen MR) is 70.7 cm³/mol. The van der Waals surface area contributed by atoms with Crippen LogP contribution in [0.25, 0.3) is 0 Å². The van der Waals surface area contributed by atoms with Crippen molar-refractivity contribution in [2.45, 2.75) is 6.92 Å². The van der Waals surface area contributed by atoms with Crippen LogP contribution >= 0.6 is 0 Å². The zero-order chi connectivity index (χ0) is 12.7. The Hall–Kier alpha value is -0.844. The van der Waals surface area contributed by atoms with Crippen LogP contribution < -0.4 is 11.1 Å². The molecular formula is C12H14KN3O2. The number of nitrogens with two attached hydrogens (primary N) is 1. The first-order valence-corrected chi connectivity index (χ1v) is 5.08. The number of nitrogens with zero attached hydrogens (tertiary/aromatic N) is 1. The molecule has 0 heterocycles. The van der Waals surface area contributed by atoms with Crippen LogP contribution in [0.5, 0.6) is 0 Å². The Morgan fingerprint density at radius 2 is 2.06 bits per heavy atom. The summed E-state index contributed by atoms with van der Waals surface area (Å²) in [5, 5.41) is 11.6. The van der Waals surface area contributed by atoms with Crippen molar-refractivity contribution in [1.82, 2.24) is 0 Å². The molecule has 0 unspecified atom stereocenters. The predicted octanol–water partition coefficient (Wildman–Crippen LogP) is 0.707. The summed E-state index contributed by atoms with van der Waals surface area (Å²) in [5.41, 5.74) is 6.11. The summed E-state index contributed by atoms with van der Waals surface area (Å²) in [6.07, 6.45) is 0. The standard InChI is InChI=1S/C12H13N3O2.K.H/c1-2-17-12(16)10(8-13)11(14)15-9-6-4-3-5-7-9;;/h3-7,15H,2,14H2,1H3;;. The van der Waals surface area contributed by atoms with Crippen LogP contribution in [0, 0.1) is 11.3 Å². The molecule has 0 aliphatic rings. The van der Waals surface area contributed by atoms with E-state index in [1.807, 2.05) is 18.2 Å². The van der Waals surface area contributed by atoms with Gasteiger partial charge in [0, 0.05) is 5.69 Å². The van der Waals surface area contributed by atoms with E-state index in [4.69, 9.17) is 15.7 Å². The Labute approximate surface area is 148 Å². The van der Waals surface area contributed by atoms with Gasteiger partial charge in [0.2, 0.25) is 0 Å². The first kappa shape index (κ1) is 17.2. The monoisotopic (exact) mass is 271 g/mol. The molecule has 1 rings (SSSR count). The third kappa shape index (κ3) is 5.21. The molecule has 0 aliphatic heterocycles. The second-order valence-corrected chi connectivity index (χ2v) is 3.11. The van der Waals surface area contributed by atoms with Gasteiger partial charge in [-0.15, -0.1) is 0 Å². The summed E-state index contributed by atoms with van der Waals surface area (Å²) in [5.74, 6) is -0.743. The van der Waals surface area contributed by atoms with Gasteiger partial charge in [0.05, 0.1) is 6.61 Å². The number of ether oxygens (including phenoxy) is 1. The Balaban J connectivity index is 0.00000289. The number of esters is 1. The second kappa shape index (κ2) is 9.14. The number of nitriles is 1. The third-order valence-corrected chi connectivity index (χ3v) is 1.91. The fraction of sp³-hybridized carbons (Fsp3) is 0.167. The Kier molecular flexibility index (Phi) is 8.71. The maximum absolute atomic E-state index is 11.4. The van der Waals surface area contributed by atoms with Crippen LogP contribution in [0.1, 0.15) is 6.92 Å². The molecule has 3 N–H and O–H groups in total. The second-order valence-electron chi connectivity index (χ2n) is 3.11. The van der Waals surface area contributed by atoms with E-state index in [9.17, 15) is 4.79 Å². The van der Waals surface area contributed by atoms with Crippen LogP contribution in [0.4, 0.5) is 5.69 Å². The van der Waals surface area contributed by atoms with Crippen LogP contribution in [0.3, 0.4) is 0 Å². The molecule has 0 bridgehead atoms. The molecule has 0 aliphatic carbocycles. The molecule has 90 valence electrons. The Morgan fingerprint density at radius 1 is 1.44 bits per heavy atom. The number of nitrogens with one attached hydrogen (secondary N) is 1. The molecule has 0 fully saturated rings. The van der Waals surface area contributed by atoms with Crippen molar-refractivity contribution in [3.8, 4) is 6.07 Å². The SMILES string of the molecule is CCOC(=O)C(C#N)=C(N)Nc1ccccc1.[KH]. The zero-order valence-corrected chi connectivity index (χ0v) is 9.43. The van der Waals surface area contributed by atoms with E-state index in [1.165, 1.54) is 0 Å². The van der Waals surface area contributed by atoms with E-state index < -0.39 is 5.97 Å². The maximum atomic E-state index is 11.4. The first-order chi connectivity index (χ1) is 8.19. The fourth-order valence-corrected chi connectivity index (χ4v) is 1.16. The number of benzene rings is 1. The van der Waals surface area contributed by atoms with Gasteiger partial charge in [0.1, 0.15) is 11.9 Å². The first-order valence-electron chi connectivity index (χ1n) is 5.08. The molecule has 0 radical (unpaired) electrons. The number of carbonyl (C=O) groups is 1. The summed E-state index contributed by atoms with van der Waals surface area (Å²) in [4.78, 5) is 11.4. The summed E-state index contributed by atoms with van der Waals surface area (Å²) < 4.78 is 4.71. The molecule has 18 heavy (non-hydrogen) atoms. The Morgan fingerprint density at radius 3 is 2.56 bits per heavy atom. The third-order valence-electron chi connectivity index (χ3n) is 1.91. The molecule has 0 aromatic heterocycles. The van der Waals surface area contributed by atoms with Gasteiger partial charge in [0.15, 0.2) is 5.57 Å². The molecule has 0 amide bonds. The zero-order valence-electron chi connectivity index (χ0n) is 9.43. The van der Waals surface area contributed by atoms with E-state index in [0.29, 0.717) is 5.69 Å². The number of hydrogen-bond donors (Lipinski definition) is 2. The summed E-state index contributed by atoms with van der Waals surface area (Å²) >= 11 is 0. The van der Waals surface area contributed by atoms with Gasteiger partial charge in [-0.1, -0.05) is 18.2 Å². The summed E-state index contributed by atoms with van der Waals surface area (Å²) in [7, 11) is 0. The molecule has 1 aromatic carbocycles. The van der Waals surface area contributed by atoms with Gasteiger partial charge in [-0.25, -0.2) is 4.79 Å². The molecule has 0 saturated heterocycles. The minimum atomic E-state index is -0.726. The van der Waals surface area contributed by atoms with Crippen molar-refractivity contribution in [2.24, 2.45) is 5.73 Å². The number of rotatable bonds is 4. The van der Waals surface area contributed by atoms with Crippen molar-refractivity contribution < 1.29 is 9.53 Å². The fourth-order valence-electron chi connectivity index (χ4n) is 1.16. The van der Waals surface area contributed by atoms with Crippen molar-refractivity contribution in [2.75, 3.05) is 11.9 Å². The van der Waals surface area contributed by atoms with E-state index in [-0.39, 0.29) is 69.4 Å². The van der Waals surface area contributed by atoms with Gasteiger partial charge in [-0.05, 0) is 19.1 Å². The average Bonchev–Trinajstić information content (AvgIpc) is 2.31. The molecule has 1 aromatic rings.